The van der Waals surface area contributed by atoms with Gasteiger partial charge in [-0.05, 0) is 50.5 Å². The van der Waals surface area contributed by atoms with Gasteiger partial charge in [-0.3, -0.25) is 0 Å². The molecule has 0 aliphatic rings. The number of benzene rings is 1. The summed E-state index contributed by atoms with van der Waals surface area (Å²) >= 11 is 5.91. The molecule has 1 unspecified atom stereocenters. The van der Waals surface area contributed by atoms with Gasteiger partial charge < -0.3 is 19.9 Å². The van der Waals surface area contributed by atoms with Crippen LogP contribution in [0.4, 0.5) is 0 Å². The normalized spacial score (nSPS) is 13.0. The van der Waals surface area contributed by atoms with Crippen molar-refractivity contribution in [3.8, 4) is 11.4 Å². The highest BCUT2D eigenvalue weighted by atomic mass is 35.5. The second kappa shape index (κ2) is 11.7. The van der Waals surface area contributed by atoms with Crippen molar-refractivity contribution in [1.82, 2.24) is 20.8 Å². The maximum atomic E-state index is 5.91. The lowest BCUT2D eigenvalue weighted by Crippen LogP contribution is -2.39. The van der Waals surface area contributed by atoms with Gasteiger partial charge in [0.15, 0.2) is 5.96 Å². The molecule has 1 atom stereocenters. The molecule has 1 heterocycles. The zero-order chi connectivity index (χ0) is 20.4. The number of halogens is 1. The van der Waals surface area contributed by atoms with Gasteiger partial charge in [-0.15, -0.1) is 0 Å². The summed E-state index contributed by atoms with van der Waals surface area (Å²) in [5, 5.41) is 11.2. The highest BCUT2D eigenvalue weighted by Gasteiger charge is 2.13. The highest BCUT2D eigenvalue weighted by molar-refractivity contribution is 6.30. The van der Waals surface area contributed by atoms with Crippen LogP contribution < -0.4 is 10.6 Å². The largest absolute Gasteiger partial charge is 0.378 e. The first-order valence-electron chi connectivity index (χ1n) is 9.75. The summed E-state index contributed by atoms with van der Waals surface area (Å²) in [6, 6.07) is 7.31. The minimum absolute atomic E-state index is 0.234. The zero-order valence-corrected chi connectivity index (χ0v) is 17.8. The van der Waals surface area contributed by atoms with Gasteiger partial charge in [-0.1, -0.05) is 30.6 Å². The van der Waals surface area contributed by atoms with Gasteiger partial charge in [0.25, 0.3) is 0 Å². The van der Waals surface area contributed by atoms with Crippen LogP contribution in [0.15, 0.2) is 33.8 Å². The van der Waals surface area contributed by atoms with Gasteiger partial charge in [0.1, 0.15) is 6.54 Å². The molecule has 2 N–H and O–H groups in total. The first-order valence-corrected chi connectivity index (χ1v) is 10.1. The van der Waals surface area contributed by atoms with E-state index in [0.717, 1.165) is 31.7 Å². The van der Waals surface area contributed by atoms with Crippen LogP contribution in [0.3, 0.4) is 0 Å². The summed E-state index contributed by atoms with van der Waals surface area (Å²) in [5.41, 5.74) is 0.851. The second-order valence-corrected chi connectivity index (χ2v) is 7.10. The smallest absolute Gasteiger partial charge is 0.248 e. The molecule has 0 aliphatic carbocycles. The first-order chi connectivity index (χ1) is 13.5. The molecular formula is C20H30ClN5O2. The van der Waals surface area contributed by atoms with Gasteiger partial charge in [0.2, 0.25) is 11.7 Å². The van der Waals surface area contributed by atoms with Crippen molar-refractivity contribution < 1.29 is 9.26 Å². The predicted octanol–water partition coefficient (Wildman–Crippen LogP) is 3.90. The Kier molecular flexibility index (Phi) is 9.23. The SMILES string of the molecule is CCNC(=NCc1nc(-c2ccc(Cl)cc2)no1)NCCC(OCC)C(C)C. The molecule has 0 amide bonds. The quantitative estimate of drug-likeness (QED) is 0.459. The second-order valence-electron chi connectivity index (χ2n) is 6.67. The van der Waals surface area contributed by atoms with Crippen molar-refractivity contribution in [2.45, 2.75) is 46.8 Å². The fourth-order valence-corrected chi connectivity index (χ4v) is 2.81. The minimum atomic E-state index is 0.234. The fraction of sp³-hybridized carbons (Fsp3) is 0.550. The molecule has 1 aromatic carbocycles. The van der Waals surface area contributed by atoms with E-state index in [2.05, 4.69) is 39.6 Å². The molecule has 0 radical (unpaired) electrons. The van der Waals surface area contributed by atoms with Crippen LogP contribution in [0.2, 0.25) is 5.02 Å². The standard InChI is InChI=1S/C20H30ClN5O2/c1-5-22-20(23-12-11-17(14(3)4)27-6-2)24-13-18-25-19(26-28-18)15-7-9-16(21)10-8-15/h7-10,14,17H,5-6,11-13H2,1-4H3,(H2,22,23,24). The average Bonchev–Trinajstić information content (AvgIpc) is 3.14. The minimum Gasteiger partial charge on any atom is -0.378 e. The number of rotatable bonds is 10. The summed E-state index contributed by atoms with van der Waals surface area (Å²) in [5.74, 6) is 2.17. The third-order valence-corrected chi connectivity index (χ3v) is 4.38. The number of ether oxygens (including phenoxy) is 1. The Balaban J connectivity index is 1.92. The van der Waals surface area contributed by atoms with E-state index in [1.54, 1.807) is 12.1 Å². The number of aromatic nitrogens is 2. The van der Waals surface area contributed by atoms with E-state index in [-0.39, 0.29) is 6.10 Å². The Bertz CT molecular complexity index is 730. The van der Waals surface area contributed by atoms with Gasteiger partial charge in [0, 0.05) is 30.3 Å². The average molecular weight is 408 g/mol. The molecule has 2 rings (SSSR count). The molecule has 1 aromatic heterocycles. The van der Waals surface area contributed by atoms with Gasteiger partial charge in [0.05, 0.1) is 6.10 Å². The summed E-state index contributed by atoms with van der Waals surface area (Å²) in [7, 11) is 0. The predicted molar refractivity (Wildman–Crippen MR) is 112 cm³/mol. The van der Waals surface area contributed by atoms with Crippen molar-refractivity contribution in [3.05, 3.63) is 35.2 Å². The molecule has 8 heteroatoms. The highest BCUT2D eigenvalue weighted by Crippen LogP contribution is 2.18. The Morgan fingerprint density at radius 1 is 1.21 bits per heavy atom. The van der Waals surface area contributed by atoms with E-state index in [1.165, 1.54) is 0 Å². The van der Waals surface area contributed by atoms with Crippen molar-refractivity contribution >= 4 is 17.6 Å². The molecule has 0 saturated carbocycles. The number of aliphatic imine (C=N–C) groups is 1. The van der Waals surface area contributed by atoms with Crippen molar-refractivity contribution in [1.29, 1.82) is 0 Å². The molecule has 0 aliphatic heterocycles. The molecule has 2 aromatic rings. The van der Waals surface area contributed by atoms with E-state index in [1.807, 2.05) is 26.0 Å². The number of nitrogens with one attached hydrogen (secondary N) is 2. The van der Waals surface area contributed by atoms with Crippen LogP contribution in [0, 0.1) is 5.92 Å². The van der Waals surface area contributed by atoms with Crippen LogP contribution in [-0.2, 0) is 11.3 Å². The van der Waals surface area contributed by atoms with Crippen LogP contribution >= 0.6 is 11.6 Å². The topological polar surface area (TPSA) is 84.6 Å². The maximum Gasteiger partial charge on any atom is 0.248 e. The number of nitrogens with zero attached hydrogens (tertiary/aromatic N) is 3. The lowest BCUT2D eigenvalue weighted by atomic mass is 10.0. The molecular weight excluding hydrogens is 378 g/mol. The van der Waals surface area contributed by atoms with Crippen LogP contribution in [0.5, 0.6) is 0 Å². The van der Waals surface area contributed by atoms with Crippen LogP contribution in [-0.4, -0.2) is 41.9 Å². The van der Waals surface area contributed by atoms with Gasteiger partial charge >= 0.3 is 0 Å². The maximum absolute atomic E-state index is 5.91. The molecule has 0 spiro atoms. The lowest BCUT2D eigenvalue weighted by molar-refractivity contribution is 0.0258. The Morgan fingerprint density at radius 3 is 2.61 bits per heavy atom. The monoisotopic (exact) mass is 407 g/mol. The first kappa shape index (κ1) is 22.2. The third-order valence-electron chi connectivity index (χ3n) is 4.13. The molecule has 7 nitrogen and oxygen atoms in total. The fourth-order valence-electron chi connectivity index (χ4n) is 2.68. The summed E-state index contributed by atoms with van der Waals surface area (Å²) < 4.78 is 11.1. The lowest BCUT2D eigenvalue weighted by Gasteiger charge is -2.21. The van der Waals surface area contributed by atoms with E-state index in [0.29, 0.717) is 35.2 Å². The zero-order valence-electron chi connectivity index (χ0n) is 17.0. The Hall–Kier alpha value is -2.12. The molecule has 28 heavy (non-hydrogen) atoms. The number of hydrogen-bond acceptors (Lipinski definition) is 5. The molecule has 0 bridgehead atoms. The summed E-state index contributed by atoms with van der Waals surface area (Å²) in [4.78, 5) is 8.92. The summed E-state index contributed by atoms with van der Waals surface area (Å²) in [6.07, 6.45) is 1.15. The van der Waals surface area contributed by atoms with E-state index >= 15 is 0 Å². The van der Waals surface area contributed by atoms with Crippen LogP contribution in [0.25, 0.3) is 11.4 Å². The van der Waals surface area contributed by atoms with E-state index in [4.69, 9.17) is 20.9 Å². The third kappa shape index (κ3) is 7.13. The number of hydrogen-bond donors (Lipinski definition) is 2. The Morgan fingerprint density at radius 2 is 1.96 bits per heavy atom. The molecule has 0 saturated heterocycles. The Labute approximate surface area is 171 Å². The molecule has 154 valence electrons. The van der Waals surface area contributed by atoms with Gasteiger partial charge in [-0.25, -0.2) is 4.99 Å². The van der Waals surface area contributed by atoms with E-state index < -0.39 is 0 Å². The van der Waals surface area contributed by atoms with Crippen LogP contribution in [0.1, 0.15) is 40.0 Å². The van der Waals surface area contributed by atoms with E-state index in [9.17, 15) is 0 Å². The van der Waals surface area contributed by atoms with Crippen molar-refractivity contribution in [2.24, 2.45) is 10.9 Å². The van der Waals surface area contributed by atoms with Crippen molar-refractivity contribution in [3.63, 3.8) is 0 Å². The number of guanidine groups is 1. The van der Waals surface area contributed by atoms with Crippen molar-refractivity contribution in [2.75, 3.05) is 19.7 Å². The molecule has 0 fully saturated rings. The van der Waals surface area contributed by atoms with Gasteiger partial charge in [-0.2, -0.15) is 4.98 Å². The summed E-state index contributed by atoms with van der Waals surface area (Å²) in [6.45, 7) is 11.0.